The van der Waals surface area contributed by atoms with Gasteiger partial charge in [0.1, 0.15) is 5.82 Å². The Morgan fingerprint density at radius 2 is 2.08 bits per heavy atom. The van der Waals surface area contributed by atoms with Crippen molar-refractivity contribution in [3.05, 3.63) is 77.9 Å². The van der Waals surface area contributed by atoms with Crippen molar-refractivity contribution in [3.8, 4) is 11.3 Å². The highest BCUT2D eigenvalue weighted by molar-refractivity contribution is 5.99. The number of hydrogen-bond donors (Lipinski definition) is 3. The van der Waals surface area contributed by atoms with Gasteiger partial charge in [0.05, 0.1) is 17.5 Å². The minimum absolute atomic E-state index is 0.262. The Hall–Kier alpha value is -3.41. The number of hydrogen-bond acceptors (Lipinski definition) is 2. The monoisotopic (exact) mass is 334 g/mol. The molecule has 0 fully saturated rings. The second kappa shape index (κ2) is 6.24. The predicted octanol–water partition coefficient (Wildman–Crippen LogP) is 3.63. The Balaban J connectivity index is 1.53. The molecule has 2 aromatic heterocycles. The number of aromatic amines is 2. The van der Waals surface area contributed by atoms with Crippen LogP contribution in [0, 0.1) is 5.82 Å². The highest BCUT2D eigenvalue weighted by Gasteiger charge is 2.15. The van der Waals surface area contributed by atoms with E-state index in [0.29, 0.717) is 23.4 Å². The summed E-state index contributed by atoms with van der Waals surface area (Å²) in [5.41, 5.74) is 3.51. The van der Waals surface area contributed by atoms with Crippen LogP contribution in [0.1, 0.15) is 15.9 Å². The maximum absolute atomic E-state index is 13.4. The molecule has 25 heavy (non-hydrogen) atoms. The van der Waals surface area contributed by atoms with Gasteiger partial charge in [0, 0.05) is 23.8 Å². The molecule has 4 rings (SSSR count). The average Bonchev–Trinajstić information content (AvgIpc) is 3.28. The summed E-state index contributed by atoms with van der Waals surface area (Å²) >= 11 is 0. The first kappa shape index (κ1) is 15.1. The second-order valence-corrected chi connectivity index (χ2v) is 5.75. The number of benzene rings is 2. The van der Waals surface area contributed by atoms with Gasteiger partial charge in [-0.05, 0) is 41.3 Å². The molecule has 0 aliphatic rings. The maximum atomic E-state index is 13.4. The van der Waals surface area contributed by atoms with Crippen LogP contribution in [0.15, 0.2) is 60.9 Å². The van der Waals surface area contributed by atoms with Gasteiger partial charge in [-0.3, -0.25) is 9.89 Å². The number of fused-ring (bicyclic) bond motifs is 1. The van der Waals surface area contributed by atoms with E-state index in [4.69, 9.17) is 0 Å². The van der Waals surface area contributed by atoms with Crippen molar-refractivity contribution in [2.45, 2.75) is 6.54 Å². The third-order valence-electron chi connectivity index (χ3n) is 4.07. The Labute approximate surface area is 142 Å². The number of carbonyl (C=O) groups excluding carboxylic acids is 1. The van der Waals surface area contributed by atoms with Gasteiger partial charge in [-0.15, -0.1) is 0 Å². The molecular weight excluding hydrogens is 319 g/mol. The Bertz CT molecular complexity index is 1050. The van der Waals surface area contributed by atoms with Crippen LogP contribution in [0.3, 0.4) is 0 Å². The van der Waals surface area contributed by atoms with Crippen molar-refractivity contribution in [1.29, 1.82) is 0 Å². The number of H-pyrrole nitrogens is 2. The van der Waals surface area contributed by atoms with Gasteiger partial charge in [0.15, 0.2) is 0 Å². The molecule has 6 heteroatoms. The topological polar surface area (TPSA) is 73.6 Å². The van der Waals surface area contributed by atoms with Crippen LogP contribution in [0.2, 0.25) is 0 Å². The van der Waals surface area contributed by atoms with E-state index in [1.165, 1.54) is 18.3 Å². The molecular formula is C19H15FN4O. The summed E-state index contributed by atoms with van der Waals surface area (Å²) in [5.74, 6) is -0.625. The molecule has 4 aromatic rings. The molecule has 0 atom stereocenters. The van der Waals surface area contributed by atoms with Gasteiger partial charge >= 0.3 is 0 Å². The maximum Gasteiger partial charge on any atom is 0.255 e. The molecule has 5 nitrogen and oxygen atoms in total. The summed E-state index contributed by atoms with van der Waals surface area (Å²) in [6.45, 7) is 0.397. The van der Waals surface area contributed by atoms with E-state index in [2.05, 4.69) is 20.5 Å². The van der Waals surface area contributed by atoms with Gasteiger partial charge in [-0.25, -0.2) is 4.39 Å². The standard InChI is InChI=1S/C19H15FN4O/c20-15-3-1-2-14(9-15)18-16(11-23-24-18)19(25)22-10-12-4-5-17-13(8-12)6-7-21-17/h1-9,11,21H,10H2,(H,22,25)(H,23,24). The number of aromatic nitrogens is 3. The minimum Gasteiger partial charge on any atom is -0.361 e. The lowest BCUT2D eigenvalue weighted by molar-refractivity contribution is 0.0951. The van der Waals surface area contributed by atoms with Crippen LogP contribution in [-0.2, 0) is 6.54 Å². The van der Waals surface area contributed by atoms with Crippen molar-refractivity contribution in [1.82, 2.24) is 20.5 Å². The lowest BCUT2D eigenvalue weighted by Crippen LogP contribution is -2.22. The van der Waals surface area contributed by atoms with Crippen molar-refractivity contribution < 1.29 is 9.18 Å². The third kappa shape index (κ3) is 3.01. The van der Waals surface area contributed by atoms with E-state index < -0.39 is 0 Å². The zero-order valence-electron chi connectivity index (χ0n) is 13.2. The number of nitrogens with one attached hydrogen (secondary N) is 3. The first-order chi connectivity index (χ1) is 12.2. The summed E-state index contributed by atoms with van der Waals surface area (Å²) in [7, 11) is 0. The number of halogens is 1. The SMILES string of the molecule is O=C(NCc1ccc2[nH]ccc2c1)c1cn[nH]c1-c1cccc(F)c1. The number of rotatable bonds is 4. The van der Waals surface area contributed by atoms with Crippen molar-refractivity contribution in [2.24, 2.45) is 0 Å². The fourth-order valence-electron chi connectivity index (χ4n) is 2.81. The van der Waals surface area contributed by atoms with Crippen LogP contribution in [0.25, 0.3) is 22.2 Å². The zero-order chi connectivity index (χ0) is 17.2. The van der Waals surface area contributed by atoms with Gasteiger partial charge in [0.2, 0.25) is 0 Å². The Morgan fingerprint density at radius 3 is 2.96 bits per heavy atom. The number of nitrogens with zero attached hydrogens (tertiary/aromatic N) is 1. The van der Waals surface area contributed by atoms with Gasteiger partial charge in [-0.2, -0.15) is 5.10 Å². The largest absolute Gasteiger partial charge is 0.361 e. The summed E-state index contributed by atoms with van der Waals surface area (Å²) in [4.78, 5) is 15.6. The van der Waals surface area contributed by atoms with Gasteiger partial charge in [0.25, 0.3) is 5.91 Å². The molecule has 0 radical (unpaired) electrons. The minimum atomic E-state index is -0.363. The van der Waals surface area contributed by atoms with E-state index >= 15 is 0 Å². The van der Waals surface area contributed by atoms with E-state index in [9.17, 15) is 9.18 Å². The van der Waals surface area contributed by atoms with Gasteiger partial charge < -0.3 is 10.3 Å². The van der Waals surface area contributed by atoms with Gasteiger partial charge in [-0.1, -0.05) is 18.2 Å². The first-order valence-corrected chi connectivity index (χ1v) is 7.84. The van der Waals surface area contributed by atoms with Crippen molar-refractivity contribution in [2.75, 3.05) is 0 Å². The fourth-order valence-corrected chi connectivity index (χ4v) is 2.81. The third-order valence-corrected chi connectivity index (χ3v) is 4.07. The van der Waals surface area contributed by atoms with E-state index in [0.717, 1.165) is 16.5 Å². The normalized spacial score (nSPS) is 10.9. The molecule has 0 spiro atoms. The second-order valence-electron chi connectivity index (χ2n) is 5.75. The van der Waals surface area contributed by atoms with Crippen LogP contribution < -0.4 is 5.32 Å². The molecule has 0 aliphatic heterocycles. The smallest absolute Gasteiger partial charge is 0.255 e. The van der Waals surface area contributed by atoms with E-state index in [1.807, 2.05) is 30.5 Å². The average molecular weight is 334 g/mol. The fraction of sp³-hybridized carbons (Fsp3) is 0.0526. The molecule has 0 aliphatic carbocycles. The molecule has 0 saturated heterocycles. The number of amides is 1. The van der Waals surface area contributed by atoms with Crippen LogP contribution in [0.5, 0.6) is 0 Å². The predicted molar refractivity (Wildman–Crippen MR) is 93.5 cm³/mol. The van der Waals surface area contributed by atoms with Crippen LogP contribution in [0.4, 0.5) is 4.39 Å². The lowest BCUT2D eigenvalue weighted by atomic mass is 10.1. The van der Waals surface area contributed by atoms with E-state index in [1.54, 1.807) is 12.1 Å². The molecule has 0 saturated carbocycles. The van der Waals surface area contributed by atoms with Crippen LogP contribution in [-0.4, -0.2) is 21.1 Å². The highest BCUT2D eigenvalue weighted by Crippen LogP contribution is 2.22. The highest BCUT2D eigenvalue weighted by atomic mass is 19.1. The summed E-state index contributed by atoms with van der Waals surface area (Å²) in [5, 5.41) is 10.7. The molecule has 0 unspecified atom stereocenters. The summed E-state index contributed by atoms with van der Waals surface area (Å²) in [6, 6.07) is 14.0. The number of carbonyl (C=O) groups is 1. The molecule has 124 valence electrons. The molecule has 0 bridgehead atoms. The Kier molecular flexibility index (Phi) is 3.78. The zero-order valence-corrected chi connectivity index (χ0v) is 13.2. The van der Waals surface area contributed by atoms with Crippen molar-refractivity contribution >= 4 is 16.8 Å². The first-order valence-electron chi connectivity index (χ1n) is 7.84. The Morgan fingerprint density at radius 1 is 1.16 bits per heavy atom. The van der Waals surface area contributed by atoms with Crippen molar-refractivity contribution in [3.63, 3.8) is 0 Å². The molecule has 1 amide bonds. The molecule has 2 aromatic carbocycles. The summed E-state index contributed by atoms with van der Waals surface area (Å²) in [6.07, 6.45) is 3.33. The van der Waals surface area contributed by atoms with Crippen LogP contribution >= 0.6 is 0 Å². The quantitative estimate of drug-likeness (QED) is 0.533. The lowest BCUT2D eigenvalue weighted by Gasteiger charge is -2.07. The van der Waals surface area contributed by atoms with E-state index in [-0.39, 0.29) is 11.7 Å². The summed E-state index contributed by atoms with van der Waals surface area (Å²) < 4.78 is 13.4. The molecule has 2 heterocycles. The molecule has 3 N–H and O–H groups in total.